The minimum absolute atomic E-state index is 0.00519. The quantitative estimate of drug-likeness (QED) is 0.845. The molecule has 3 nitrogen and oxygen atoms in total. The molecule has 0 fully saturated rings. The van der Waals surface area contributed by atoms with Crippen molar-refractivity contribution in [2.45, 2.75) is 25.9 Å². The number of benzene rings is 1. The first-order valence-electron chi connectivity index (χ1n) is 4.85. The van der Waals surface area contributed by atoms with Crippen LogP contribution in [0.25, 0.3) is 0 Å². The Hall–Kier alpha value is -1.65. The van der Waals surface area contributed by atoms with Gasteiger partial charge in [0.15, 0.2) is 0 Å². The van der Waals surface area contributed by atoms with Crippen LogP contribution < -0.4 is 4.74 Å². The molecule has 1 aromatic rings. The van der Waals surface area contributed by atoms with E-state index in [9.17, 15) is 13.6 Å². The van der Waals surface area contributed by atoms with Gasteiger partial charge in [0, 0.05) is 18.2 Å². The normalized spacial score (nSPS) is 12.2. The number of halogens is 2. The summed E-state index contributed by atoms with van der Waals surface area (Å²) in [5.74, 6) is -2.50. The van der Waals surface area contributed by atoms with Gasteiger partial charge in [-0.3, -0.25) is 4.79 Å². The number of hydrogen-bond acceptors (Lipinski definition) is 2. The van der Waals surface area contributed by atoms with E-state index in [-0.39, 0.29) is 12.2 Å². The molecule has 5 heteroatoms. The molecule has 0 saturated heterocycles. The first-order chi connectivity index (χ1) is 7.51. The Balaban J connectivity index is 2.73. The van der Waals surface area contributed by atoms with Gasteiger partial charge >= 0.3 is 5.97 Å². The molecule has 0 aromatic heterocycles. The number of hydrogen-bond donors (Lipinski definition) is 1. The minimum atomic E-state index is -1.01. The number of carboxylic acids is 1. The van der Waals surface area contributed by atoms with E-state index in [0.717, 1.165) is 18.2 Å². The van der Waals surface area contributed by atoms with Gasteiger partial charge in [-0.2, -0.15) is 0 Å². The maximum absolute atomic E-state index is 12.8. The molecule has 0 aliphatic carbocycles. The Morgan fingerprint density at radius 1 is 1.38 bits per heavy atom. The number of aliphatic carboxylic acids is 1. The van der Waals surface area contributed by atoms with E-state index in [2.05, 4.69) is 0 Å². The van der Waals surface area contributed by atoms with Crippen molar-refractivity contribution in [1.82, 2.24) is 0 Å². The lowest BCUT2D eigenvalue weighted by Gasteiger charge is -2.15. The SMILES string of the molecule is CCC(CC(=O)O)Oc1cc(F)cc(F)c1. The van der Waals surface area contributed by atoms with Crippen molar-refractivity contribution in [1.29, 1.82) is 0 Å². The van der Waals surface area contributed by atoms with E-state index >= 15 is 0 Å². The van der Waals surface area contributed by atoms with E-state index in [0.29, 0.717) is 6.42 Å². The van der Waals surface area contributed by atoms with Crippen molar-refractivity contribution in [2.24, 2.45) is 0 Å². The largest absolute Gasteiger partial charge is 0.490 e. The Morgan fingerprint density at radius 2 is 1.94 bits per heavy atom. The highest BCUT2D eigenvalue weighted by Crippen LogP contribution is 2.18. The summed E-state index contributed by atoms with van der Waals surface area (Å²) in [4.78, 5) is 10.5. The summed E-state index contributed by atoms with van der Waals surface area (Å²) in [5, 5.41) is 8.57. The molecule has 0 spiro atoms. The molecule has 1 rings (SSSR count). The van der Waals surface area contributed by atoms with E-state index in [4.69, 9.17) is 9.84 Å². The molecule has 1 aromatic carbocycles. The number of carbonyl (C=O) groups is 1. The van der Waals surface area contributed by atoms with Crippen LogP contribution in [-0.4, -0.2) is 17.2 Å². The van der Waals surface area contributed by atoms with Crippen LogP contribution in [0.4, 0.5) is 8.78 Å². The second kappa shape index (κ2) is 5.44. The zero-order valence-corrected chi connectivity index (χ0v) is 8.74. The minimum Gasteiger partial charge on any atom is -0.490 e. The van der Waals surface area contributed by atoms with Crippen LogP contribution in [0, 0.1) is 11.6 Å². The summed E-state index contributed by atoms with van der Waals surface area (Å²) in [6, 6.07) is 2.77. The molecular formula is C11H12F2O3. The third-order valence-corrected chi connectivity index (χ3v) is 2.00. The topological polar surface area (TPSA) is 46.5 Å². The van der Waals surface area contributed by atoms with Gasteiger partial charge in [0.25, 0.3) is 0 Å². The van der Waals surface area contributed by atoms with Gasteiger partial charge in [-0.15, -0.1) is 0 Å². The molecule has 16 heavy (non-hydrogen) atoms. The predicted molar refractivity (Wildman–Crippen MR) is 53.3 cm³/mol. The van der Waals surface area contributed by atoms with Crippen molar-refractivity contribution in [3.63, 3.8) is 0 Å². The van der Waals surface area contributed by atoms with Crippen LogP contribution in [-0.2, 0) is 4.79 Å². The van der Waals surface area contributed by atoms with Gasteiger partial charge in [0.05, 0.1) is 6.42 Å². The van der Waals surface area contributed by atoms with Crippen LogP contribution in [0.2, 0.25) is 0 Å². The lowest BCUT2D eigenvalue weighted by atomic mass is 10.2. The Bertz CT molecular complexity index is 359. The number of rotatable bonds is 5. The van der Waals surface area contributed by atoms with Crippen LogP contribution in [0.5, 0.6) is 5.75 Å². The van der Waals surface area contributed by atoms with Crippen LogP contribution in [0.15, 0.2) is 18.2 Å². The maximum Gasteiger partial charge on any atom is 0.307 e. The van der Waals surface area contributed by atoms with E-state index in [1.807, 2.05) is 0 Å². The lowest BCUT2D eigenvalue weighted by Crippen LogP contribution is -2.19. The molecule has 0 bridgehead atoms. The maximum atomic E-state index is 12.8. The van der Waals surface area contributed by atoms with Gasteiger partial charge in [-0.1, -0.05) is 6.92 Å². The van der Waals surface area contributed by atoms with Gasteiger partial charge in [0.1, 0.15) is 23.5 Å². The fourth-order valence-corrected chi connectivity index (χ4v) is 1.25. The van der Waals surface area contributed by atoms with E-state index in [1.54, 1.807) is 6.92 Å². The van der Waals surface area contributed by atoms with Crippen LogP contribution >= 0.6 is 0 Å². The van der Waals surface area contributed by atoms with Crippen LogP contribution in [0.1, 0.15) is 19.8 Å². The standard InChI is InChI=1S/C11H12F2O3/c1-2-9(6-11(14)15)16-10-4-7(12)3-8(13)5-10/h3-5,9H,2,6H2,1H3,(H,14,15). The fourth-order valence-electron chi connectivity index (χ4n) is 1.25. The van der Waals surface area contributed by atoms with Gasteiger partial charge in [-0.25, -0.2) is 8.78 Å². The average Bonchev–Trinajstić information content (AvgIpc) is 2.14. The highest BCUT2D eigenvalue weighted by molar-refractivity contribution is 5.67. The Labute approximate surface area is 91.7 Å². The second-order valence-corrected chi connectivity index (χ2v) is 3.35. The highest BCUT2D eigenvalue weighted by Gasteiger charge is 2.13. The smallest absolute Gasteiger partial charge is 0.307 e. The summed E-state index contributed by atoms with van der Waals surface area (Å²) >= 11 is 0. The molecule has 88 valence electrons. The monoisotopic (exact) mass is 230 g/mol. The summed E-state index contributed by atoms with van der Waals surface area (Å²) in [5.41, 5.74) is 0. The van der Waals surface area contributed by atoms with Crippen molar-refractivity contribution >= 4 is 5.97 Å². The fraction of sp³-hybridized carbons (Fsp3) is 0.364. The summed E-state index contributed by atoms with van der Waals surface area (Å²) in [6.45, 7) is 1.74. The third-order valence-electron chi connectivity index (χ3n) is 2.00. The van der Waals surface area contributed by atoms with Crippen LogP contribution in [0.3, 0.4) is 0 Å². The molecule has 1 N–H and O–H groups in total. The van der Waals surface area contributed by atoms with Gasteiger partial charge in [-0.05, 0) is 6.42 Å². The number of carboxylic acid groups (broad SMARTS) is 1. The van der Waals surface area contributed by atoms with Crippen molar-refractivity contribution in [2.75, 3.05) is 0 Å². The zero-order chi connectivity index (χ0) is 12.1. The van der Waals surface area contributed by atoms with Crippen molar-refractivity contribution in [3.05, 3.63) is 29.8 Å². The first-order valence-corrected chi connectivity index (χ1v) is 4.85. The van der Waals surface area contributed by atoms with E-state index < -0.39 is 23.7 Å². The molecule has 0 aliphatic rings. The summed E-state index contributed by atoms with van der Waals surface area (Å²) in [6.07, 6.45) is -0.335. The molecule has 0 saturated carbocycles. The second-order valence-electron chi connectivity index (χ2n) is 3.35. The van der Waals surface area contributed by atoms with E-state index in [1.165, 1.54) is 0 Å². The molecule has 1 atom stereocenters. The molecule has 1 unspecified atom stereocenters. The molecule has 0 aliphatic heterocycles. The molecular weight excluding hydrogens is 218 g/mol. The Kier molecular flexibility index (Phi) is 4.22. The van der Waals surface area contributed by atoms with Crippen molar-refractivity contribution in [3.8, 4) is 5.75 Å². The highest BCUT2D eigenvalue weighted by atomic mass is 19.1. The predicted octanol–water partition coefficient (Wildman–Crippen LogP) is 2.60. The van der Waals surface area contributed by atoms with Crippen molar-refractivity contribution < 1.29 is 23.4 Å². The zero-order valence-electron chi connectivity index (χ0n) is 8.74. The summed E-state index contributed by atoms with van der Waals surface area (Å²) < 4.78 is 30.8. The molecule has 0 radical (unpaired) electrons. The molecule has 0 heterocycles. The van der Waals surface area contributed by atoms with Gasteiger partial charge in [0.2, 0.25) is 0 Å². The Morgan fingerprint density at radius 3 is 2.38 bits per heavy atom. The third kappa shape index (κ3) is 3.84. The first kappa shape index (κ1) is 12.4. The molecule has 0 amide bonds. The van der Waals surface area contributed by atoms with Gasteiger partial charge < -0.3 is 9.84 Å². The average molecular weight is 230 g/mol. The lowest BCUT2D eigenvalue weighted by molar-refractivity contribution is -0.138. The number of ether oxygens (including phenoxy) is 1. The summed E-state index contributed by atoms with van der Waals surface area (Å²) in [7, 11) is 0.